The molecule has 0 aromatic heterocycles. The first kappa shape index (κ1) is 18.2. The molecule has 8 nitrogen and oxygen atoms in total. The molecule has 2 rings (SSSR count). The first-order valence-corrected chi connectivity index (χ1v) is 7.57. The van der Waals surface area contributed by atoms with Gasteiger partial charge in [-0.05, 0) is 11.8 Å². The van der Waals surface area contributed by atoms with Gasteiger partial charge < -0.3 is 18.9 Å². The van der Waals surface area contributed by atoms with Crippen LogP contribution in [0.2, 0.25) is 0 Å². The Morgan fingerprint density at radius 1 is 0.625 bits per heavy atom. The number of hydrogen-bond donors (Lipinski definition) is 0. The largest absolute Gasteiger partial charge is 0.469 e. The maximum atomic E-state index is 12.7. The van der Waals surface area contributed by atoms with Crippen LogP contribution in [-0.2, 0) is 38.1 Å². The van der Waals surface area contributed by atoms with Crippen LogP contribution in [0.4, 0.5) is 0 Å². The van der Waals surface area contributed by atoms with Crippen molar-refractivity contribution in [1.29, 1.82) is 0 Å². The summed E-state index contributed by atoms with van der Waals surface area (Å²) >= 11 is 0. The van der Waals surface area contributed by atoms with Gasteiger partial charge in [-0.15, -0.1) is 0 Å². The van der Waals surface area contributed by atoms with E-state index in [-0.39, 0.29) is 0 Å². The van der Waals surface area contributed by atoms with Crippen LogP contribution in [0.3, 0.4) is 0 Å². The molecule has 0 amide bonds. The van der Waals surface area contributed by atoms with Crippen LogP contribution >= 0.6 is 0 Å². The molecular formula is C16H22O8. The van der Waals surface area contributed by atoms with Crippen LogP contribution in [0.15, 0.2) is 0 Å². The molecule has 6 atom stereocenters. The maximum absolute atomic E-state index is 12.7. The molecule has 24 heavy (non-hydrogen) atoms. The highest BCUT2D eigenvalue weighted by Gasteiger charge is 2.93. The van der Waals surface area contributed by atoms with Crippen LogP contribution in [-0.4, -0.2) is 52.3 Å². The van der Waals surface area contributed by atoms with Crippen LogP contribution in [0.1, 0.15) is 13.8 Å². The topological polar surface area (TPSA) is 105 Å². The summed E-state index contributed by atoms with van der Waals surface area (Å²) in [5, 5.41) is 0. The van der Waals surface area contributed by atoms with Gasteiger partial charge in [0.25, 0.3) is 0 Å². The lowest BCUT2D eigenvalue weighted by Gasteiger charge is -2.26. The van der Waals surface area contributed by atoms with Gasteiger partial charge in [-0.1, -0.05) is 13.8 Å². The third-order valence-electron chi connectivity index (χ3n) is 5.84. The van der Waals surface area contributed by atoms with Crippen molar-refractivity contribution < 1.29 is 38.1 Å². The normalized spacial score (nSPS) is 39.4. The van der Waals surface area contributed by atoms with Crippen molar-refractivity contribution in [1.82, 2.24) is 0 Å². The van der Waals surface area contributed by atoms with Gasteiger partial charge in [0.15, 0.2) is 0 Å². The highest BCUT2D eigenvalue weighted by Crippen LogP contribution is 2.81. The Morgan fingerprint density at radius 2 is 0.917 bits per heavy atom. The van der Waals surface area contributed by atoms with Gasteiger partial charge in [0.1, 0.15) is 10.8 Å². The molecule has 0 aliphatic heterocycles. The average Bonchev–Trinajstić information content (AvgIpc) is 3.43. The van der Waals surface area contributed by atoms with Crippen molar-refractivity contribution in [2.45, 2.75) is 13.8 Å². The van der Waals surface area contributed by atoms with E-state index in [2.05, 4.69) is 0 Å². The summed E-state index contributed by atoms with van der Waals surface area (Å²) in [6.07, 6.45) is 0. The minimum Gasteiger partial charge on any atom is -0.469 e. The van der Waals surface area contributed by atoms with E-state index in [9.17, 15) is 19.2 Å². The zero-order valence-electron chi connectivity index (χ0n) is 14.6. The summed E-state index contributed by atoms with van der Waals surface area (Å²) in [5.74, 6) is -5.54. The molecule has 0 N–H and O–H groups in total. The molecule has 0 heterocycles. The van der Waals surface area contributed by atoms with Crippen molar-refractivity contribution in [2.75, 3.05) is 28.4 Å². The van der Waals surface area contributed by atoms with Gasteiger partial charge in [0.2, 0.25) is 0 Å². The summed E-state index contributed by atoms with van der Waals surface area (Å²) < 4.78 is 19.3. The number of methoxy groups -OCH3 is 4. The third kappa shape index (κ3) is 1.79. The fraction of sp³-hybridized carbons (Fsp3) is 0.750. The molecule has 0 aromatic rings. The first-order chi connectivity index (χ1) is 11.2. The van der Waals surface area contributed by atoms with Gasteiger partial charge in [-0.25, -0.2) is 0 Å². The van der Waals surface area contributed by atoms with Crippen LogP contribution < -0.4 is 0 Å². The second-order valence-electron chi connectivity index (χ2n) is 6.30. The van der Waals surface area contributed by atoms with E-state index in [1.165, 1.54) is 28.4 Å². The predicted octanol–water partition coefficient (Wildman–Crippen LogP) is 0.183. The summed E-state index contributed by atoms with van der Waals surface area (Å²) in [5.41, 5.74) is -3.00. The highest BCUT2D eigenvalue weighted by atomic mass is 16.5. The Hall–Kier alpha value is -2.12. The number of hydrogen-bond acceptors (Lipinski definition) is 8. The summed E-state index contributed by atoms with van der Waals surface area (Å²) in [6.45, 7) is 3.31. The van der Waals surface area contributed by atoms with Crippen molar-refractivity contribution in [3.05, 3.63) is 0 Å². The second kappa shape index (κ2) is 5.75. The summed E-state index contributed by atoms with van der Waals surface area (Å²) in [4.78, 5) is 49.6. The fourth-order valence-electron chi connectivity index (χ4n) is 4.73. The monoisotopic (exact) mass is 342 g/mol. The van der Waals surface area contributed by atoms with Crippen molar-refractivity contribution in [2.24, 2.45) is 34.5 Å². The standard InChI is InChI=1S/C16H22O8/c1-7-9(11(17)21-3)15(7,13(19)23-5)16(14(20)24-6)8(2)10(16)12(18)22-4/h7-10H,1-6H3. The SMILES string of the molecule is COC(=O)C1C(C)C1(C(=O)OC)C1(C(=O)OC)C(C)C1C(=O)OC. The molecule has 6 unspecified atom stereocenters. The fourth-order valence-corrected chi connectivity index (χ4v) is 4.73. The predicted molar refractivity (Wildman–Crippen MR) is 78.2 cm³/mol. The molecule has 2 aliphatic rings. The van der Waals surface area contributed by atoms with Gasteiger partial charge >= 0.3 is 23.9 Å². The zero-order valence-corrected chi connectivity index (χ0v) is 14.6. The molecule has 0 spiro atoms. The van der Waals surface area contributed by atoms with Crippen molar-refractivity contribution in [3.8, 4) is 0 Å². The number of carbonyl (C=O) groups is 4. The zero-order chi connectivity index (χ0) is 18.4. The number of carbonyl (C=O) groups excluding carboxylic acids is 4. The lowest BCUT2D eigenvalue weighted by molar-refractivity contribution is -0.168. The average molecular weight is 342 g/mol. The van der Waals surface area contributed by atoms with Crippen LogP contribution in [0, 0.1) is 34.5 Å². The Morgan fingerprint density at radius 3 is 1.12 bits per heavy atom. The Kier molecular flexibility index (Phi) is 4.37. The number of rotatable bonds is 5. The van der Waals surface area contributed by atoms with E-state index < -0.39 is 58.4 Å². The lowest BCUT2D eigenvalue weighted by Crippen LogP contribution is -2.42. The number of esters is 4. The maximum Gasteiger partial charge on any atom is 0.314 e. The van der Waals surface area contributed by atoms with E-state index >= 15 is 0 Å². The smallest absolute Gasteiger partial charge is 0.314 e. The van der Waals surface area contributed by atoms with Crippen molar-refractivity contribution >= 4 is 23.9 Å². The molecule has 0 aromatic carbocycles. The summed E-state index contributed by atoms with van der Waals surface area (Å²) in [6, 6.07) is 0. The molecule has 2 aliphatic carbocycles. The quantitative estimate of drug-likeness (QED) is 0.515. The lowest BCUT2D eigenvalue weighted by atomic mass is 9.78. The third-order valence-corrected chi connectivity index (χ3v) is 5.84. The number of ether oxygens (including phenoxy) is 4. The van der Waals surface area contributed by atoms with E-state index in [0.29, 0.717) is 0 Å². The van der Waals surface area contributed by atoms with E-state index in [1.54, 1.807) is 13.8 Å². The van der Waals surface area contributed by atoms with E-state index in [1.807, 2.05) is 0 Å². The van der Waals surface area contributed by atoms with Crippen LogP contribution in [0.5, 0.6) is 0 Å². The summed E-state index contributed by atoms with van der Waals surface area (Å²) in [7, 11) is 4.76. The van der Waals surface area contributed by atoms with Gasteiger partial charge in [-0.3, -0.25) is 19.2 Å². The van der Waals surface area contributed by atoms with E-state index in [4.69, 9.17) is 18.9 Å². The van der Waals surface area contributed by atoms with Gasteiger partial charge in [-0.2, -0.15) is 0 Å². The Balaban J connectivity index is 2.63. The second-order valence-corrected chi connectivity index (χ2v) is 6.30. The van der Waals surface area contributed by atoms with Gasteiger partial charge in [0, 0.05) is 0 Å². The van der Waals surface area contributed by atoms with E-state index in [0.717, 1.165) is 0 Å². The molecule has 134 valence electrons. The first-order valence-electron chi connectivity index (χ1n) is 7.57. The molecule has 2 fully saturated rings. The Bertz CT molecular complexity index is 547. The van der Waals surface area contributed by atoms with Crippen LogP contribution in [0.25, 0.3) is 0 Å². The van der Waals surface area contributed by atoms with Crippen molar-refractivity contribution in [3.63, 3.8) is 0 Å². The molecule has 2 saturated carbocycles. The molecule has 8 heteroatoms. The molecule has 0 saturated heterocycles. The molecular weight excluding hydrogens is 320 g/mol. The molecule has 0 bridgehead atoms. The highest BCUT2D eigenvalue weighted by molar-refractivity contribution is 6.03. The molecule has 0 radical (unpaired) electrons. The Labute approximate surface area is 139 Å². The minimum absolute atomic E-state index is 0.534. The van der Waals surface area contributed by atoms with Gasteiger partial charge in [0.05, 0.1) is 40.3 Å². The minimum atomic E-state index is -1.50.